The third-order valence-electron chi connectivity index (χ3n) is 3.78. The normalized spacial score (nSPS) is 18.7. The second kappa shape index (κ2) is 3.93. The molecule has 0 saturated carbocycles. The maximum absolute atomic E-state index is 4.74. The van der Waals surface area contributed by atoms with E-state index in [0.717, 1.165) is 35.7 Å². The Kier molecular flexibility index (Phi) is 2.22. The standard InChI is InChI=1S/C14H15N5/c1-9-18-13(11-4-2-3-7-19(9)11)14-12-10(5-6-15-14)16-8-17-12/h2-4,7-8,14-15H,5-6H2,1H3,(H,16,17)/t14-/m0/s1. The molecule has 96 valence electrons. The molecule has 0 aliphatic carbocycles. The van der Waals surface area contributed by atoms with E-state index in [1.807, 2.05) is 19.1 Å². The molecule has 1 aliphatic rings. The average molecular weight is 253 g/mol. The topological polar surface area (TPSA) is 58.0 Å². The maximum atomic E-state index is 4.74. The quantitative estimate of drug-likeness (QED) is 0.692. The Morgan fingerprint density at radius 2 is 2.26 bits per heavy atom. The lowest BCUT2D eigenvalue weighted by Crippen LogP contribution is -2.31. The summed E-state index contributed by atoms with van der Waals surface area (Å²) in [5.41, 5.74) is 4.51. The van der Waals surface area contributed by atoms with Crippen molar-refractivity contribution >= 4 is 5.52 Å². The molecule has 0 radical (unpaired) electrons. The fourth-order valence-corrected chi connectivity index (χ4v) is 2.88. The van der Waals surface area contributed by atoms with Crippen molar-refractivity contribution in [3.8, 4) is 0 Å². The number of aromatic amines is 1. The van der Waals surface area contributed by atoms with E-state index in [1.54, 1.807) is 6.33 Å². The first kappa shape index (κ1) is 10.8. The van der Waals surface area contributed by atoms with E-state index >= 15 is 0 Å². The van der Waals surface area contributed by atoms with Gasteiger partial charge in [-0.3, -0.25) is 0 Å². The highest BCUT2D eigenvalue weighted by molar-refractivity contribution is 5.56. The van der Waals surface area contributed by atoms with Crippen molar-refractivity contribution in [1.29, 1.82) is 0 Å². The smallest absolute Gasteiger partial charge is 0.110 e. The molecular weight excluding hydrogens is 238 g/mol. The Labute approximate surface area is 110 Å². The first-order chi connectivity index (χ1) is 9.34. The van der Waals surface area contributed by atoms with Gasteiger partial charge in [-0.2, -0.15) is 0 Å². The zero-order chi connectivity index (χ0) is 12.8. The molecule has 3 aromatic rings. The molecular formula is C14H15N5. The van der Waals surface area contributed by atoms with Crippen LogP contribution in [-0.4, -0.2) is 25.9 Å². The van der Waals surface area contributed by atoms with Gasteiger partial charge in [0.1, 0.15) is 5.82 Å². The van der Waals surface area contributed by atoms with Gasteiger partial charge < -0.3 is 14.7 Å². The van der Waals surface area contributed by atoms with Gasteiger partial charge in [-0.1, -0.05) is 6.07 Å². The van der Waals surface area contributed by atoms with Crippen LogP contribution in [0.3, 0.4) is 0 Å². The summed E-state index contributed by atoms with van der Waals surface area (Å²) in [4.78, 5) is 12.4. The minimum atomic E-state index is 0.0844. The number of imidazole rings is 2. The largest absolute Gasteiger partial charge is 0.348 e. The number of aromatic nitrogens is 4. The molecule has 1 aliphatic heterocycles. The average Bonchev–Trinajstić information content (AvgIpc) is 3.04. The summed E-state index contributed by atoms with van der Waals surface area (Å²) in [5, 5.41) is 3.52. The highest BCUT2D eigenvalue weighted by Gasteiger charge is 2.27. The Balaban J connectivity index is 1.93. The summed E-state index contributed by atoms with van der Waals surface area (Å²) in [6, 6.07) is 6.27. The predicted octanol–water partition coefficient (Wildman–Crippen LogP) is 1.60. The lowest BCUT2D eigenvalue weighted by molar-refractivity contribution is 0.547. The van der Waals surface area contributed by atoms with Crippen LogP contribution < -0.4 is 5.32 Å². The molecule has 0 fully saturated rings. The van der Waals surface area contributed by atoms with E-state index in [-0.39, 0.29) is 6.04 Å². The molecule has 5 heteroatoms. The lowest BCUT2D eigenvalue weighted by atomic mass is 10.0. The van der Waals surface area contributed by atoms with Crippen LogP contribution in [-0.2, 0) is 6.42 Å². The van der Waals surface area contributed by atoms with E-state index < -0.39 is 0 Å². The summed E-state index contributed by atoms with van der Waals surface area (Å²) < 4.78 is 2.12. The molecule has 0 saturated heterocycles. The van der Waals surface area contributed by atoms with Crippen molar-refractivity contribution in [2.75, 3.05) is 6.54 Å². The van der Waals surface area contributed by atoms with Crippen LogP contribution in [0.5, 0.6) is 0 Å². The summed E-state index contributed by atoms with van der Waals surface area (Å²) in [5.74, 6) is 1.01. The molecule has 4 heterocycles. The van der Waals surface area contributed by atoms with E-state index in [0.29, 0.717) is 0 Å². The number of aryl methyl sites for hydroxylation is 1. The van der Waals surface area contributed by atoms with Gasteiger partial charge in [0, 0.05) is 24.9 Å². The second-order valence-electron chi connectivity index (χ2n) is 4.90. The van der Waals surface area contributed by atoms with Crippen LogP contribution in [0.25, 0.3) is 5.52 Å². The molecule has 0 aromatic carbocycles. The minimum absolute atomic E-state index is 0.0844. The van der Waals surface area contributed by atoms with Crippen LogP contribution in [0, 0.1) is 6.92 Å². The van der Waals surface area contributed by atoms with E-state index in [1.165, 1.54) is 5.69 Å². The molecule has 19 heavy (non-hydrogen) atoms. The SMILES string of the molecule is Cc1nc([C@H]2NCCc3[nH]cnc32)c2ccccn12. The molecule has 5 nitrogen and oxygen atoms in total. The predicted molar refractivity (Wildman–Crippen MR) is 72.1 cm³/mol. The molecule has 0 unspecified atom stereocenters. The van der Waals surface area contributed by atoms with Crippen LogP contribution in [0.15, 0.2) is 30.7 Å². The summed E-state index contributed by atoms with van der Waals surface area (Å²) >= 11 is 0. The fourth-order valence-electron chi connectivity index (χ4n) is 2.88. The fraction of sp³-hybridized carbons (Fsp3) is 0.286. The van der Waals surface area contributed by atoms with Crippen LogP contribution in [0.1, 0.15) is 28.9 Å². The monoisotopic (exact) mass is 253 g/mol. The number of hydrogen-bond donors (Lipinski definition) is 2. The van der Waals surface area contributed by atoms with Gasteiger partial charge in [0.05, 0.1) is 29.3 Å². The van der Waals surface area contributed by atoms with Gasteiger partial charge in [-0.05, 0) is 19.1 Å². The number of pyridine rings is 1. The Morgan fingerprint density at radius 3 is 3.21 bits per heavy atom. The Hall–Kier alpha value is -2.14. The molecule has 0 amide bonds. The van der Waals surface area contributed by atoms with Gasteiger partial charge in [0.15, 0.2) is 0 Å². The number of hydrogen-bond acceptors (Lipinski definition) is 3. The third-order valence-corrected chi connectivity index (χ3v) is 3.78. The van der Waals surface area contributed by atoms with Crippen molar-refractivity contribution in [3.05, 3.63) is 53.6 Å². The maximum Gasteiger partial charge on any atom is 0.110 e. The number of nitrogens with zero attached hydrogens (tertiary/aromatic N) is 3. The molecule has 0 spiro atoms. The minimum Gasteiger partial charge on any atom is -0.348 e. The molecule has 3 aromatic heterocycles. The molecule has 0 bridgehead atoms. The lowest BCUT2D eigenvalue weighted by Gasteiger charge is -2.21. The van der Waals surface area contributed by atoms with Crippen LogP contribution in [0.4, 0.5) is 0 Å². The molecule has 1 atom stereocenters. The van der Waals surface area contributed by atoms with Crippen LogP contribution >= 0.6 is 0 Å². The summed E-state index contributed by atoms with van der Waals surface area (Å²) in [6.45, 7) is 2.98. The zero-order valence-electron chi connectivity index (χ0n) is 10.7. The molecule has 4 rings (SSSR count). The number of fused-ring (bicyclic) bond motifs is 2. The zero-order valence-corrected chi connectivity index (χ0v) is 10.7. The van der Waals surface area contributed by atoms with Gasteiger partial charge >= 0.3 is 0 Å². The van der Waals surface area contributed by atoms with Crippen molar-refractivity contribution in [2.24, 2.45) is 0 Å². The number of H-pyrrole nitrogens is 1. The Bertz CT molecular complexity index is 739. The third kappa shape index (κ3) is 1.51. The number of nitrogens with one attached hydrogen (secondary N) is 2. The Morgan fingerprint density at radius 1 is 1.32 bits per heavy atom. The molecule has 2 N–H and O–H groups in total. The highest BCUT2D eigenvalue weighted by atomic mass is 15.1. The van der Waals surface area contributed by atoms with Crippen molar-refractivity contribution < 1.29 is 0 Å². The van der Waals surface area contributed by atoms with E-state index in [2.05, 4.69) is 31.9 Å². The number of rotatable bonds is 1. The van der Waals surface area contributed by atoms with Crippen molar-refractivity contribution in [2.45, 2.75) is 19.4 Å². The summed E-state index contributed by atoms with van der Waals surface area (Å²) in [6.07, 6.45) is 4.82. The highest BCUT2D eigenvalue weighted by Crippen LogP contribution is 2.28. The van der Waals surface area contributed by atoms with Crippen molar-refractivity contribution in [3.63, 3.8) is 0 Å². The first-order valence-corrected chi connectivity index (χ1v) is 6.53. The van der Waals surface area contributed by atoms with Gasteiger partial charge in [-0.15, -0.1) is 0 Å². The summed E-state index contributed by atoms with van der Waals surface area (Å²) in [7, 11) is 0. The van der Waals surface area contributed by atoms with Gasteiger partial charge in [0.2, 0.25) is 0 Å². The van der Waals surface area contributed by atoms with Crippen LogP contribution in [0.2, 0.25) is 0 Å². The van der Waals surface area contributed by atoms with E-state index in [9.17, 15) is 0 Å². The van der Waals surface area contributed by atoms with Gasteiger partial charge in [-0.25, -0.2) is 9.97 Å². The van der Waals surface area contributed by atoms with Gasteiger partial charge in [0.25, 0.3) is 0 Å². The second-order valence-corrected chi connectivity index (χ2v) is 4.90. The van der Waals surface area contributed by atoms with Crippen molar-refractivity contribution in [1.82, 2.24) is 24.7 Å². The van der Waals surface area contributed by atoms with E-state index in [4.69, 9.17) is 4.98 Å². The first-order valence-electron chi connectivity index (χ1n) is 6.53.